The molecular formula is C15H19NO2. The van der Waals surface area contributed by atoms with Crippen LogP contribution in [0.2, 0.25) is 0 Å². The lowest BCUT2D eigenvalue weighted by molar-refractivity contribution is -0.135. The van der Waals surface area contributed by atoms with Gasteiger partial charge in [-0.2, -0.15) is 0 Å². The molecule has 3 heteroatoms. The van der Waals surface area contributed by atoms with E-state index in [4.69, 9.17) is 0 Å². The molecule has 0 aromatic rings. The lowest BCUT2D eigenvalue weighted by Gasteiger charge is -2.22. The smallest absolute Gasteiger partial charge is 0.234 e. The van der Waals surface area contributed by atoms with E-state index in [1.54, 1.807) is 0 Å². The molecular weight excluding hydrogens is 226 g/mol. The molecule has 0 aromatic heterocycles. The minimum Gasteiger partial charge on any atom is -0.296 e. The highest BCUT2D eigenvalue weighted by Gasteiger charge is 2.29. The van der Waals surface area contributed by atoms with Gasteiger partial charge < -0.3 is 0 Å². The minimum absolute atomic E-state index is 0.0548. The van der Waals surface area contributed by atoms with Crippen molar-refractivity contribution in [3.8, 4) is 0 Å². The zero-order valence-electron chi connectivity index (χ0n) is 10.9. The summed E-state index contributed by atoms with van der Waals surface area (Å²) in [5.74, 6) is -0.526. The number of carbonyl (C=O) groups is 2. The summed E-state index contributed by atoms with van der Waals surface area (Å²) in [6.07, 6.45) is 12.4. The Bertz CT molecular complexity index is 459. The Kier molecular flexibility index (Phi) is 3.50. The van der Waals surface area contributed by atoms with Gasteiger partial charge in [0.2, 0.25) is 11.8 Å². The van der Waals surface area contributed by atoms with Crippen molar-refractivity contribution in [3.05, 3.63) is 36.0 Å². The van der Waals surface area contributed by atoms with E-state index >= 15 is 0 Å². The molecule has 1 N–H and O–H groups in total. The van der Waals surface area contributed by atoms with Crippen molar-refractivity contribution in [1.29, 1.82) is 0 Å². The number of amides is 2. The van der Waals surface area contributed by atoms with E-state index in [1.165, 1.54) is 0 Å². The lowest BCUT2D eigenvalue weighted by Crippen LogP contribution is -2.41. The molecule has 1 heterocycles. The maximum absolute atomic E-state index is 11.8. The van der Waals surface area contributed by atoms with Crippen LogP contribution >= 0.6 is 0 Å². The van der Waals surface area contributed by atoms with Crippen molar-refractivity contribution < 1.29 is 9.59 Å². The molecule has 0 aromatic carbocycles. The molecule has 2 amide bonds. The zero-order chi connectivity index (χ0) is 13.2. The van der Waals surface area contributed by atoms with E-state index in [9.17, 15) is 9.59 Å². The van der Waals surface area contributed by atoms with Gasteiger partial charge in [0.15, 0.2) is 0 Å². The summed E-state index contributed by atoms with van der Waals surface area (Å²) in [6, 6.07) is 0. The van der Waals surface area contributed by atoms with Crippen LogP contribution in [-0.4, -0.2) is 11.8 Å². The molecule has 1 fully saturated rings. The fourth-order valence-electron chi connectivity index (χ4n) is 2.26. The second-order valence-corrected chi connectivity index (χ2v) is 5.22. The first-order valence-electron chi connectivity index (χ1n) is 6.46. The number of nitrogens with one attached hydrogen (secondary N) is 1. The highest BCUT2D eigenvalue weighted by molar-refractivity contribution is 6.00. The highest BCUT2D eigenvalue weighted by atomic mass is 16.2. The lowest BCUT2D eigenvalue weighted by atomic mass is 9.86. The minimum atomic E-state index is -0.192. The molecule has 18 heavy (non-hydrogen) atoms. The molecule has 0 bridgehead atoms. The first-order chi connectivity index (χ1) is 8.54. The van der Waals surface area contributed by atoms with Gasteiger partial charge in [0, 0.05) is 11.8 Å². The van der Waals surface area contributed by atoms with Crippen LogP contribution in [0.4, 0.5) is 0 Å². The van der Waals surface area contributed by atoms with E-state index in [2.05, 4.69) is 31.3 Å². The second-order valence-electron chi connectivity index (χ2n) is 5.22. The maximum Gasteiger partial charge on any atom is 0.234 e. The van der Waals surface area contributed by atoms with Gasteiger partial charge in [-0.1, -0.05) is 44.2 Å². The normalized spacial score (nSPS) is 31.9. The fraction of sp³-hybridized carbons (Fsp3) is 0.467. The molecule has 2 unspecified atom stereocenters. The second kappa shape index (κ2) is 4.92. The molecule has 0 saturated carbocycles. The molecule has 2 rings (SSSR count). The number of allylic oxidation sites excluding steroid dienone is 5. The van der Waals surface area contributed by atoms with Crippen molar-refractivity contribution in [2.24, 2.45) is 11.3 Å². The number of carbonyl (C=O) groups excluding carboxylic acids is 2. The Morgan fingerprint density at radius 2 is 2.17 bits per heavy atom. The van der Waals surface area contributed by atoms with Crippen molar-refractivity contribution in [3.63, 3.8) is 0 Å². The molecule has 2 aliphatic rings. The van der Waals surface area contributed by atoms with Gasteiger partial charge in [0.25, 0.3) is 0 Å². The van der Waals surface area contributed by atoms with E-state index in [0.29, 0.717) is 12.8 Å². The number of hydrogen-bond donors (Lipinski definition) is 1. The average molecular weight is 245 g/mol. The van der Waals surface area contributed by atoms with Crippen molar-refractivity contribution in [2.75, 3.05) is 0 Å². The molecule has 0 spiro atoms. The van der Waals surface area contributed by atoms with Crippen molar-refractivity contribution in [2.45, 2.75) is 33.1 Å². The van der Waals surface area contributed by atoms with Crippen molar-refractivity contribution >= 4 is 11.8 Å². The standard InChI is InChI=1S/C15H19NO2/c1-3-15(2)9-4-5-11(8-10-15)12-6-7-13(17)16-14(12)18/h4-5,8-10,12H,3,6-7H2,1-2H3,(H,16,17,18). The van der Waals surface area contributed by atoms with Crippen LogP contribution in [0.25, 0.3) is 0 Å². The first-order valence-corrected chi connectivity index (χ1v) is 6.46. The molecule has 96 valence electrons. The van der Waals surface area contributed by atoms with Crippen molar-refractivity contribution in [1.82, 2.24) is 5.32 Å². The predicted molar refractivity (Wildman–Crippen MR) is 70.6 cm³/mol. The number of piperidine rings is 1. The predicted octanol–water partition coefficient (Wildman–Crippen LogP) is 2.51. The van der Waals surface area contributed by atoms with Gasteiger partial charge in [-0.25, -0.2) is 0 Å². The van der Waals surface area contributed by atoms with E-state index in [0.717, 1.165) is 12.0 Å². The van der Waals surface area contributed by atoms with Gasteiger partial charge in [0.1, 0.15) is 0 Å². The summed E-state index contributed by atoms with van der Waals surface area (Å²) in [5.41, 5.74) is 1.05. The monoisotopic (exact) mass is 245 g/mol. The van der Waals surface area contributed by atoms with Gasteiger partial charge in [-0.3, -0.25) is 14.9 Å². The summed E-state index contributed by atoms with van der Waals surface area (Å²) in [4.78, 5) is 23.0. The summed E-state index contributed by atoms with van der Waals surface area (Å²) < 4.78 is 0. The Morgan fingerprint density at radius 3 is 2.83 bits per heavy atom. The van der Waals surface area contributed by atoms with Crippen LogP contribution in [0.5, 0.6) is 0 Å². The van der Waals surface area contributed by atoms with Crippen LogP contribution in [0.15, 0.2) is 36.0 Å². The molecule has 1 aliphatic carbocycles. The van der Waals surface area contributed by atoms with Crippen LogP contribution in [0.3, 0.4) is 0 Å². The van der Waals surface area contributed by atoms with Crippen LogP contribution in [-0.2, 0) is 9.59 Å². The van der Waals surface area contributed by atoms with Crippen LogP contribution in [0.1, 0.15) is 33.1 Å². The molecule has 1 saturated heterocycles. The summed E-state index contributed by atoms with van der Waals surface area (Å²) >= 11 is 0. The summed E-state index contributed by atoms with van der Waals surface area (Å²) in [7, 11) is 0. The highest BCUT2D eigenvalue weighted by Crippen LogP contribution is 2.31. The van der Waals surface area contributed by atoms with E-state index in [1.807, 2.05) is 18.2 Å². The Hall–Kier alpha value is -1.64. The SMILES string of the molecule is CCC1(C)C=CC=C(C2CCC(=O)NC2=O)C=C1. The van der Waals surface area contributed by atoms with Gasteiger partial charge in [-0.15, -0.1) is 0 Å². The van der Waals surface area contributed by atoms with E-state index in [-0.39, 0.29) is 23.1 Å². The summed E-state index contributed by atoms with van der Waals surface area (Å²) in [5, 5.41) is 2.41. The molecule has 1 aliphatic heterocycles. The van der Waals surface area contributed by atoms with Gasteiger partial charge in [-0.05, 0) is 18.4 Å². The average Bonchev–Trinajstić information content (AvgIpc) is 2.53. The number of hydrogen-bond acceptors (Lipinski definition) is 2. The Morgan fingerprint density at radius 1 is 1.39 bits per heavy atom. The van der Waals surface area contributed by atoms with Crippen LogP contribution in [0, 0.1) is 11.3 Å². The van der Waals surface area contributed by atoms with E-state index < -0.39 is 0 Å². The maximum atomic E-state index is 11.8. The summed E-state index contributed by atoms with van der Waals surface area (Å²) in [6.45, 7) is 4.31. The van der Waals surface area contributed by atoms with Gasteiger partial charge >= 0.3 is 0 Å². The van der Waals surface area contributed by atoms with Crippen LogP contribution < -0.4 is 5.32 Å². The third-order valence-electron chi connectivity index (χ3n) is 3.83. The topological polar surface area (TPSA) is 46.2 Å². The third kappa shape index (κ3) is 2.61. The Labute approximate surface area is 108 Å². The number of rotatable bonds is 2. The molecule has 2 atom stereocenters. The number of imide groups is 1. The first kappa shape index (κ1) is 12.8. The third-order valence-corrected chi connectivity index (χ3v) is 3.83. The largest absolute Gasteiger partial charge is 0.296 e. The quantitative estimate of drug-likeness (QED) is 0.760. The Balaban J connectivity index is 2.18. The molecule has 0 radical (unpaired) electrons. The molecule has 3 nitrogen and oxygen atoms in total. The van der Waals surface area contributed by atoms with Gasteiger partial charge in [0.05, 0.1) is 5.92 Å². The zero-order valence-corrected chi connectivity index (χ0v) is 10.9. The fourth-order valence-corrected chi connectivity index (χ4v) is 2.26.